The van der Waals surface area contributed by atoms with Gasteiger partial charge in [-0.2, -0.15) is 0 Å². The maximum absolute atomic E-state index is 12.3. The Labute approximate surface area is 156 Å². The minimum absolute atomic E-state index is 0.117. The van der Waals surface area contributed by atoms with E-state index in [9.17, 15) is 14.4 Å². The number of carbonyl (C=O) groups excluding carboxylic acids is 3. The number of esters is 1. The minimum atomic E-state index is -0.680. The van der Waals surface area contributed by atoms with Gasteiger partial charge in [0.25, 0.3) is 0 Å². The lowest BCUT2D eigenvalue weighted by atomic mass is 9.96. The summed E-state index contributed by atoms with van der Waals surface area (Å²) in [6, 6.07) is 4.08. The first-order chi connectivity index (χ1) is 11.8. The number of carbonyl (C=O) groups is 3. The summed E-state index contributed by atoms with van der Waals surface area (Å²) in [6.07, 6.45) is 1.02. The van der Waals surface area contributed by atoms with Crippen LogP contribution in [0, 0.1) is 0 Å². The molecule has 2 rings (SSSR count). The molecule has 1 aromatic carbocycles. The summed E-state index contributed by atoms with van der Waals surface area (Å²) in [5.41, 5.74) is 0.675. The van der Waals surface area contributed by atoms with E-state index in [1.807, 2.05) is 0 Å². The fraction of sp³-hybridized carbons (Fsp3) is 0.471. The number of ether oxygens (including phenoxy) is 1. The van der Waals surface area contributed by atoms with Crippen molar-refractivity contribution in [2.24, 2.45) is 0 Å². The molecule has 136 valence electrons. The molecule has 2 atom stereocenters. The average molecular weight is 387 g/mol. The lowest BCUT2D eigenvalue weighted by Gasteiger charge is -2.37. The van der Waals surface area contributed by atoms with Crippen LogP contribution in [-0.2, 0) is 25.5 Å². The molecule has 1 heterocycles. The number of benzene rings is 1. The molecule has 0 radical (unpaired) electrons. The number of likely N-dealkylation sites (tertiary alicyclic amines) is 1. The molecular formula is C17H20Cl2N2O4. The van der Waals surface area contributed by atoms with Gasteiger partial charge in [-0.25, -0.2) is 4.79 Å². The smallest absolute Gasteiger partial charge is 0.328 e. The van der Waals surface area contributed by atoms with Crippen LogP contribution in [0.3, 0.4) is 0 Å². The molecule has 1 fully saturated rings. The zero-order chi connectivity index (χ0) is 18.6. The van der Waals surface area contributed by atoms with Crippen molar-refractivity contribution in [3.05, 3.63) is 33.8 Å². The highest BCUT2D eigenvalue weighted by Crippen LogP contribution is 2.22. The van der Waals surface area contributed by atoms with Crippen LogP contribution in [0.5, 0.6) is 0 Å². The Morgan fingerprint density at radius 2 is 2.04 bits per heavy atom. The average Bonchev–Trinajstić information content (AvgIpc) is 2.56. The molecule has 1 aliphatic rings. The van der Waals surface area contributed by atoms with E-state index in [0.717, 1.165) is 0 Å². The summed E-state index contributed by atoms with van der Waals surface area (Å²) in [6.45, 7) is 1.80. The normalized spacial score (nSPS) is 20.1. The van der Waals surface area contributed by atoms with Gasteiger partial charge < -0.3 is 15.0 Å². The Morgan fingerprint density at radius 3 is 2.64 bits per heavy atom. The van der Waals surface area contributed by atoms with Gasteiger partial charge in [-0.3, -0.25) is 9.59 Å². The van der Waals surface area contributed by atoms with E-state index in [1.165, 1.54) is 18.9 Å². The van der Waals surface area contributed by atoms with E-state index in [-0.39, 0.29) is 24.3 Å². The SMILES string of the molecule is COC(=O)C1CC(NC(=O)Cc2ccc(Cl)cc2Cl)CCN1C(C)=O. The fourth-order valence-corrected chi connectivity index (χ4v) is 3.42. The Balaban J connectivity index is 1.99. The molecule has 1 N–H and O–H groups in total. The van der Waals surface area contributed by atoms with Crippen molar-refractivity contribution >= 4 is 41.0 Å². The van der Waals surface area contributed by atoms with E-state index in [4.69, 9.17) is 27.9 Å². The second-order valence-electron chi connectivity index (χ2n) is 5.95. The standard InChI is InChI=1S/C17H20Cl2N2O4/c1-10(22)21-6-5-13(9-15(21)17(24)25-2)20-16(23)7-11-3-4-12(18)8-14(11)19/h3-4,8,13,15H,5-7,9H2,1-2H3,(H,20,23). The number of nitrogens with zero attached hydrogens (tertiary/aromatic N) is 1. The third kappa shape index (κ3) is 5.09. The summed E-state index contributed by atoms with van der Waals surface area (Å²) in [4.78, 5) is 37.3. The van der Waals surface area contributed by atoms with Crippen molar-refractivity contribution in [2.45, 2.75) is 38.3 Å². The highest BCUT2D eigenvalue weighted by Gasteiger charge is 2.36. The van der Waals surface area contributed by atoms with Gasteiger partial charge in [0.05, 0.1) is 13.5 Å². The number of nitrogens with one attached hydrogen (secondary N) is 1. The topological polar surface area (TPSA) is 75.7 Å². The number of halogens is 2. The summed E-state index contributed by atoms with van der Waals surface area (Å²) >= 11 is 11.9. The van der Waals surface area contributed by atoms with Gasteiger partial charge in [-0.05, 0) is 30.5 Å². The predicted molar refractivity (Wildman–Crippen MR) is 94.5 cm³/mol. The zero-order valence-electron chi connectivity index (χ0n) is 14.1. The van der Waals surface area contributed by atoms with Crippen LogP contribution in [0.4, 0.5) is 0 Å². The van der Waals surface area contributed by atoms with Crippen molar-refractivity contribution in [1.82, 2.24) is 10.2 Å². The monoisotopic (exact) mass is 386 g/mol. The van der Waals surface area contributed by atoms with Crippen LogP contribution < -0.4 is 5.32 Å². The number of methoxy groups -OCH3 is 1. The van der Waals surface area contributed by atoms with Crippen molar-refractivity contribution in [3.8, 4) is 0 Å². The maximum Gasteiger partial charge on any atom is 0.328 e. The van der Waals surface area contributed by atoms with Gasteiger partial charge in [-0.1, -0.05) is 29.3 Å². The molecule has 8 heteroatoms. The Morgan fingerprint density at radius 1 is 1.32 bits per heavy atom. The van der Waals surface area contributed by atoms with Gasteiger partial charge in [0.2, 0.25) is 11.8 Å². The van der Waals surface area contributed by atoms with Crippen molar-refractivity contribution in [1.29, 1.82) is 0 Å². The van der Waals surface area contributed by atoms with E-state index in [2.05, 4.69) is 5.32 Å². The number of hydrogen-bond donors (Lipinski definition) is 1. The van der Waals surface area contributed by atoms with Crippen LogP contribution in [-0.4, -0.2) is 48.4 Å². The number of amides is 2. The number of rotatable bonds is 4. The Kier molecular flexibility index (Phi) is 6.67. The Hall–Kier alpha value is -1.79. The van der Waals surface area contributed by atoms with Gasteiger partial charge in [0.1, 0.15) is 6.04 Å². The molecule has 6 nitrogen and oxygen atoms in total. The molecule has 0 aromatic heterocycles. The molecule has 1 saturated heterocycles. The van der Waals surface area contributed by atoms with Gasteiger partial charge in [0.15, 0.2) is 0 Å². The first kappa shape index (κ1) is 19.5. The lowest BCUT2D eigenvalue weighted by Crippen LogP contribution is -2.54. The lowest BCUT2D eigenvalue weighted by molar-refractivity contribution is -0.154. The van der Waals surface area contributed by atoms with Crippen LogP contribution in [0.2, 0.25) is 10.0 Å². The molecule has 0 aliphatic carbocycles. The fourth-order valence-electron chi connectivity index (χ4n) is 2.95. The van der Waals surface area contributed by atoms with E-state index >= 15 is 0 Å². The zero-order valence-corrected chi connectivity index (χ0v) is 15.6. The molecule has 0 saturated carbocycles. The number of hydrogen-bond acceptors (Lipinski definition) is 4. The highest BCUT2D eigenvalue weighted by molar-refractivity contribution is 6.35. The quantitative estimate of drug-likeness (QED) is 0.804. The van der Waals surface area contributed by atoms with Crippen molar-refractivity contribution < 1.29 is 19.1 Å². The van der Waals surface area contributed by atoms with Crippen molar-refractivity contribution in [2.75, 3.05) is 13.7 Å². The summed E-state index contributed by atoms with van der Waals surface area (Å²) in [7, 11) is 1.28. The summed E-state index contributed by atoms with van der Waals surface area (Å²) < 4.78 is 4.77. The highest BCUT2D eigenvalue weighted by atomic mass is 35.5. The second-order valence-corrected chi connectivity index (χ2v) is 6.80. The molecule has 2 amide bonds. The van der Waals surface area contributed by atoms with Crippen LogP contribution in [0.1, 0.15) is 25.3 Å². The van der Waals surface area contributed by atoms with Crippen LogP contribution in [0.15, 0.2) is 18.2 Å². The van der Waals surface area contributed by atoms with E-state index in [0.29, 0.717) is 35.0 Å². The van der Waals surface area contributed by atoms with E-state index < -0.39 is 12.0 Å². The summed E-state index contributed by atoms with van der Waals surface area (Å²) in [5, 5.41) is 3.84. The number of piperidine rings is 1. The molecular weight excluding hydrogens is 367 g/mol. The Bertz CT molecular complexity index is 681. The minimum Gasteiger partial charge on any atom is -0.467 e. The van der Waals surface area contributed by atoms with Crippen LogP contribution in [0.25, 0.3) is 0 Å². The molecule has 1 aliphatic heterocycles. The second kappa shape index (κ2) is 8.54. The van der Waals surface area contributed by atoms with Gasteiger partial charge >= 0.3 is 5.97 Å². The molecule has 2 unspecified atom stereocenters. The predicted octanol–water partition coefficient (Wildman–Crippen LogP) is 2.20. The molecule has 0 bridgehead atoms. The van der Waals surface area contributed by atoms with Gasteiger partial charge in [-0.15, -0.1) is 0 Å². The first-order valence-corrected chi connectivity index (χ1v) is 8.65. The third-order valence-corrected chi connectivity index (χ3v) is 4.80. The third-order valence-electron chi connectivity index (χ3n) is 4.21. The molecule has 25 heavy (non-hydrogen) atoms. The van der Waals surface area contributed by atoms with Crippen molar-refractivity contribution in [3.63, 3.8) is 0 Å². The first-order valence-electron chi connectivity index (χ1n) is 7.90. The van der Waals surface area contributed by atoms with Crippen LogP contribution >= 0.6 is 23.2 Å². The maximum atomic E-state index is 12.3. The molecule has 1 aromatic rings. The molecule has 0 spiro atoms. The van der Waals surface area contributed by atoms with Gasteiger partial charge in [0, 0.05) is 29.6 Å². The largest absolute Gasteiger partial charge is 0.467 e. The summed E-state index contributed by atoms with van der Waals surface area (Å²) in [5.74, 6) is -0.864. The van der Waals surface area contributed by atoms with E-state index in [1.54, 1.807) is 18.2 Å².